The maximum atomic E-state index is 13.6. The molecular formula is C33H34FN11O3S. The number of nitrogens with one attached hydrogen (secondary N) is 2. The lowest BCUT2D eigenvalue weighted by Gasteiger charge is -2.37. The van der Waals surface area contributed by atoms with Crippen LogP contribution in [0, 0.1) is 17.1 Å². The van der Waals surface area contributed by atoms with Gasteiger partial charge in [-0.25, -0.2) is 29.1 Å². The van der Waals surface area contributed by atoms with Crippen molar-refractivity contribution in [1.29, 1.82) is 5.26 Å². The molecule has 0 unspecified atom stereocenters. The van der Waals surface area contributed by atoms with Gasteiger partial charge in [0.05, 0.1) is 11.7 Å². The van der Waals surface area contributed by atoms with Crippen molar-refractivity contribution in [2.45, 2.75) is 19.4 Å². The van der Waals surface area contributed by atoms with E-state index < -0.39 is 0 Å². The Kier molecular flexibility index (Phi) is 9.92. The number of benzene rings is 1. The minimum atomic E-state index is -0.342. The van der Waals surface area contributed by atoms with Crippen molar-refractivity contribution >= 4 is 46.4 Å². The van der Waals surface area contributed by atoms with Crippen molar-refractivity contribution in [3.63, 3.8) is 0 Å². The topological polar surface area (TPSA) is 168 Å². The second-order valence-corrected chi connectivity index (χ2v) is 12.4. The van der Waals surface area contributed by atoms with Gasteiger partial charge in [-0.1, -0.05) is 18.3 Å². The largest absolute Gasteiger partial charge is 0.483 e. The van der Waals surface area contributed by atoms with Gasteiger partial charge in [-0.2, -0.15) is 5.26 Å². The van der Waals surface area contributed by atoms with Gasteiger partial charge < -0.3 is 30.4 Å². The molecule has 0 bridgehead atoms. The van der Waals surface area contributed by atoms with Gasteiger partial charge in [-0.3, -0.25) is 9.20 Å². The van der Waals surface area contributed by atoms with E-state index in [2.05, 4.69) is 38.5 Å². The molecule has 0 radical (unpaired) electrons. The molecule has 3 N–H and O–H groups in total. The Balaban J connectivity index is 0.00000134. The summed E-state index contributed by atoms with van der Waals surface area (Å²) < 4.78 is 15.6. The number of anilines is 3. The molecule has 1 aromatic carbocycles. The average Bonchev–Trinajstić information content (AvgIpc) is 3.72. The zero-order chi connectivity index (χ0) is 34.5. The number of fused-ring (bicyclic) bond motifs is 1. The van der Waals surface area contributed by atoms with E-state index in [9.17, 15) is 14.4 Å². The summed E-state index contributed by atoms with van der Waals surface area (Å²) in [6.45, 7) is 6.02. The van der Waals surface area contributed by atoms with Gasteiger partial charge in [-0.05, 0) is 42.8 Å². The van der Waals surface area contributed by atoms with Crippen LogP contribution >= 0.6 is 11.3 Å². The molecule has 49 heavy (non-hydrogen) atoms. The number of urea groups is 1. The molecule has 0 saturated carbocycles. The number of piperazine rings is 1. The fourth-order valence-corrected chi connectivity index (χ4v) is 6.51. The molecule has 7 rings (SSSR count). The van der Waals surface area contributed by atoms with Crippen molar-refractivity contribution in [3.05, 3.63) is 71.4 Å². The van der Waals surface area contributed by atoms with Crippen molar-refractivity contribution in [2.24, 2.45) is 0 Å². The number of carbonyl (C=O) groups is 2. The Labute approximate surface area is 285 Å². The molecule has 2 saturated heterocycles. The summed E-state index contributed by atoms with van der Waals surface area (Å²) in [5, 5.41) is 23.6. The molecule has 2 aliphatic rings. The molecule has 16 heteroatoms. The maximum absolute atomic E-state index is 13.6. The Morgan fingerprint density at radius 3 is 2.39 bits per heavy atom. The van der Waals surface area contributed by atoms with Crippen LogP contribution < -0.4 is 20.4 Å². The van der Waals surface area contributed by atoms with Crippen LogP contribution in [0.4, 0.5) is 26.1 Å². The summed E-state index contributed by atoms with van der Waals surface area (Å²) in [7, 11) is 1.91. The lowest BCUT2D eigenvalue weighted by molar-refractivity contribution is -0.122. The first kappa shape index (κ1) is 33.2. The smallest absolute Gasteiger partial charge is 0.317 e. The van der Waals surface area contributed by atoms with Crippen LogP contribution in [0.25, 0.3) is 28.0 Å². The SMILES string of the molecule is CCc1nc2ccc(-c3cnc(N4CCN(C(=O)NC5CNC5)CC4)nc3)cn2c1N(C)c1nc(-c2ccc(F)cc2)c(C#N)s1.O=CO. The maximum Gasteiger partial charge on any atom is 0.317 e. The van der Waals surface area contributed by atoms with Crippen molar-refractivity contribution in [1.82, 2.24) is 39.9 Å². The number of hydrogen-bond donors (Lipinski definition) is 3. The predicted octanol–water partition coefficient (Wildman–Crippen LogP) is 3.76. The van der Waals surface area contributed by atoms with Crippen molar-refractivity contribution in [3.8, 4) is 28.5 Å². The van der Waals surface area contributed by atoms with Gasteiger partial charge >= 0.3 is 6.03 Å². The highest BCUT2D eigenvalue weighted by Crippen LogP contribution is 2.37. The van der Waals surface area contributed by atoms with Gasteiger partial charge in [-0.15, -0.1) is 0 Å². The molecule has 0 aliphatic carbocycles. The van der Waals surface area contributed by atoms with Crippen LogP contribution in [0.3, 0.4) is 0 Å². The van der Waals surface area contributed by atoms with Gasteiger partial charge in [0, 0.05) is 81.6 Å². The van der Waals surface area contributed by atoms with Crippen LogP contribution in [0.2, 0.25) is 0 Å². The second-order valence-electron chi connectivity index (χ2n) is 11.4. The number of rotatable bonds is 7. The van der Waals surface area contributed by atoms with E-state index in [-0.39, 0.29) is 24.4 Å². The van der Waals surface area contributed by atoms with E-state index in [4.69, 9.17) is 19.9 Å². The monoisotopic (exact) mass is 683 g/mol. The second kappa shape index (κ2) is 14.6. The first-order valence-corrected chi connectivity index (χ1v) is 16.5. The first-order valence-electron chi connectivity index (χ1n) is 15.7. The third kappa shape index (κ3) is 6.98. The number of nitrogens with zero attached hydrogens (tertiary/aromatic N) is 9. The Bertz CT molecular complexity index is 1980. The minimum absolute atomic E-state index is 0.0118. The molecule has 5 aromatic rings. The summed E-state index contributed by atoms with van der Waals surface area (Å²) in [5.41, 5.74) is 4.66. The van der Waals surface area contributed by atoms with E-state index in [1.807, 2.05) is 52.0 Å². The lowest BCUT2D eigenvalue weighted by Crippen LogP contribution is -2.61. The number of hydrogen-bond acceptors (Lipinski definition) is 11. The van der Waals surface area contributed by atoms with Crippen LogP contribution in [-0.4, -0.2) is 99.2 Å². The Morgan fingerprint density at radius 2 is 1.78 bits per heavy atom. The van der Waals surface area contributed by atoms with Gasteiger partial charge in [0.2, 0.25) is 5.95 Å². The molecule has 0 spiro atoms. The summed E-state index contributed by atoms with van der Waals surface area (Å²) in [5.74, 6) is 1.14. The fourth-order valence-electron chi connectivity index (χ4n) is 5.67. The van der Waals surface area contributed by atoms with Crippen LogP contribution in [0.1, 0.15) is 17.5 Å². The van der Waals surface area contributed by atoms with E-state index in [0.717, 1.165) is 41.4 Å². The van der Waals surface area contributed by atoms with E-state index in [0.29, 0.717) is 59.8 Å². The summed E-state index contributed by atoms with van der Waals surface area (Å²) >= 11 is 1.28. The summed E-state index contributed by atoms with van der Waals surface area (Å²) in [6, 6.07) is 12.4. The molecular weight excluding hydrogens is 650 g/mol. The molecule has 6 heterocycles. The number of pyridine rings is 1. The van der Waals surface area contributed by atoms with Crippen molar-refractivity contribution in [2.75, 3.05) is 56.1 Å². The number of carbonyl (C=O) groups excluding carboxylic acids is 1. The quantitative estimate of drug-likeness (QED) is 0.214. The minimum Gasteiger partial charge on any atom is -0.483 e. The Morgan fingerprint density at radius 1 is 1.10 bits per heavy atom. The highest BCUT2D eigenvalue weighted by atomic mass is 32.1. The molecule has 0 atom stereocenters. The normalized spacial score (nSPS) is 14.4. The third-order valence-electron chi connectivity index (χ3n) is 8.37. The number of nitriles is 1. The standard InChI is InChI=1S/C32H32FN11OS.CH2O2/c1-3-25-29(41(2)32-40-28(26(14-34)46-32)20-4-7-23(33)8-5-20)44-19-21(6-9-27(44)39-25)22-15-36-30(37-16-22)42-10-12-43(13-11-42)31(45)38-24-17-35-18-24;2-1-3/h4-9,15-16,19,24,35H,3,10-13,17-18H2,1-2H3,(H,38,45);1H,(H,2,3). The predicted molar refractivity (Wildman–Crippen MR) is 184 cm³/mol. The lowest BCUT2D eigenvalue weighted by atomic mass is 10.1. The zero-order valence-corrected chi connectivity index (χ0v) is 27.7. The van der Waals surface area contributed by atoms with Crippen molar-refractivity contribution < 1.29 is 19.1 Å². The molecule has 252 valence electrons. The number of aryl methyl sites for hydroxylation is 1. The average molecular weight is 684 g/mol. The number of thiazole rings is 1. The summed E-state index contributed by atoms with van der Waals surface area (Å²) in [6.07, 6.45) is 6.35. The first-order chi connectivity index (χ1) is 23.8. The van der Waals surface area contributed by atoms with E-state index in [1.54, 1.807) is 12.1 Å². The number of imidazole rings is 1. The van der Waals surface area contributed by atoms with Gasteiger partial charge in [0.25, 0.3) is 6.47 Å². The van der Waals surface area contributed by atoms with Gasteiger partial charge in [0.15, 0.2) is 5.13 Å². The van der Waals surface area contributed by atoms with Crippen LogP contribution in [0.5, 0.6) is 0 Å². The molecule has 2 fully saturated rings. The summed E-state index contributed by atoms with van der Waals surface area (Å²) in [4.78, 5) is 46.2. The molecule has 2 aliphatic heterocycles. The van der Waals surface area contributed by atoms with Crippen LogP contribution in [-0.2, 0) is 11.2 Å². The highest BCUT2D eigenvalue weighted by Gasteiger charge is 2.26. The number of amides is 2. The van der Waals surface area contributed by atoms with Crippen LogP contribution in [0.15, 0.2) is 55.0 Å². The highest BCUT2D eigenvalue weighted by molar-refractivity contribution is 7.16. The third-order valence-corrected chi connectivity index (χ3v) is 9.40. The molecule has 14 nitrogen and oxygen atoms in total. The number of halogens is 1. The molecule has 4 aromatic heterocycles. The zero-order valence-electron chi connectivity index (χ0n) is 26.9. The fraction of sp³-hybridized carbons (Fsp3) is 0.303. The van der Waals surface area contributed by atoms with E-state index in [1.165, 1.54) is 23.5 Å². The molecule has 2 amide bonds. The van der Waals surface area contributed by atoms with E-state index >= 15 is 0 Å². The Hall–Kier alpha value is -5.66. The number of aromatic nitrogens is 5. The van der Waals surface area contributed by atoms with Gasteiger partial charge in [0.1, 0.15) is 33.9 Å². The number of carboxylic acid groups (broad SMARTS) is 1.